The minimum Gasteiger partial charge on any atom is -0.488 e. The fourth-order valence-corrected chi connectivity index (χ4v) is 1.72. The van der Waals surface area contributed by atoms with Gasteiger partial charge in [0.1, 0.15) is 5.82 Å². The van der Waals surface area contributed by atoms with Crippen LogP contribution >= 0.6 is 0 Å². The van der Waals surface area contributed by atoms with E-state index in [1.165, 1.54) is 12.1 Å². The molecule has 1 amide bonds. The number of hydrogen-bond donors (Lipinski definition) is 1. The quantitative estimate of drug-likeness (QED) is 0.935. The molecule has 0 aliphatic heterocycles. The molecule has 5 heteroatoms. The van der Waals surface area contributed by atoms with Gasteiger partial charge in [0.25, 0.3) is 5.91 Å². The zero-order valence-electron chi connectivity index (χ0n) is 12.2. The van der Waals surface area contributed by atoms with Gasteiger partial charge in [0.2, 0.25) is 0 Å². The molecule has 0 spiro atoms. The Labute approximate surface area is 123 Å². The Morgan fingerprint density at radius 1 is 1.29 bits per heavy atom. The third-order valence-electron chi connectivity index (χ3n) is 2.71. The number of halogens is 1. The number of pyridine rings is 1. The molecule has 0 unspecified atom stereocenters. The van der Waals surface area contributed by atoms with Crippen LogP contribution in [0.2, 0.25) is 0 Å². The van der Waals surface area contributed by atoms with Gasteiger partial charge in [-0.2, -0.15) is 0 Å². The van der Waals surface area contributed by atoms with E-state index in [0.717, 1.165) is 11.6 Å². The lowest BCUT2D eigenvalue weighted by molar-refractivity contribution is 0.102. The topological polar surface area (TPSA) is 51.2 Å². The lowest BCUT2D eigenvalue weighted by atomic mass is 10.2. The van der Waals surface area contributed by atoms with Crippen molar-refractivity contribution in [3.05, 3.63) is 53.5 Å². The van der Waals surface area contributed by atoms with Crippen LogP contribution in [0.1, 0.15) is 29.8 Å². The molecule has 0 fully saturated rings. The second-order valence-electron chi connectivity index (χ2n) is 4.99. The molecule has 1 heterocycles. The van der Waals surface area contributed by atoms with Gasteiger partial charge in [-0.15, -0.1) is 0 Å². The van der Waals surface area contributed by atoms with E-state index in [9.17, 15) is 9.18 Å². The first-order chi connectivity index (χ1) is 9.95. The molecular weight excluding hydrogens is 271 g/mol. The number of hydrogen-bond acceptors (Lipinski definition) is 3. The number of carbonyl (C=O) groups is 1. The standard InChI is InChI=1S/C16H17FN2O2/c1-10(2)21-14-6-5-12(8-13(14)17)16(20)19-15-7-4-11(3)9-18-15/h4-10H,1-3H3,(H,18,19,20). The Morgan fingerprint density at radius 2 is 2.05 bits per heavy atom. The van der Waals surface area contributed by atoms with Gasteiger partial charge in [-0.05, 0) is 50.6 Å². The zero-order valence-corrected chi connectivity index (χ0v) is 12.2. The molecule has 0 bridgehead atoms. The number of nitrogens with zero attached hydrogens (tertiary/aromatic N) is 1. The number of aromatic nitrogens is 1. The highest BCUT2D eigenvalue weighted by Gasteiger charge is 2.12. The molecule has 4 nitrogen and oxygen atoms in total. The lowest BCUT2D eigenvalue weighted by Gasteiger charge is -2.11. The minimum absolute atomic E-state index is 0.129. The summed E-state index contributed by atoms with van der Waals surface area (Å²) in [7, 11) is 0. The van der Waals surface area contributed by atoms with E-state index in [-0.39, 0.29) is 17.4 Å². The van der Waals surface area contributed by atoms with Gasteiger partial charge >= 0.3 is 0 Å². The second-order valence-corrected chi connectivity index (χ2v) is 4.99. The summed E-state index contributed by atoms with van der Waals surface area (Å²) in [6.45, 7) is 5.52. The molecule has 0 aliphatic carbocycles. The van der Waals surface area contributed by atoms with Crippen molar-refractivity contribution in [3.63, 3.8) is 0 Å². The summed E-state index contributed by atoms with van der Waals surface area (Å²) >= 11 is 0. The Hall–Kier alpha value is -2.43. The van der Waals surface area contributed by atoms with E-state index in [1.54, 1.807) is 12.3 Å². The van der Waals surface area contributed by atoms with Crippen LogP contribution in [0.3, 0.4) is 0 Å². The Bertz CT molecular complexity index is 639. The molecule has 0 saturated heterocycles. The highest BCUT2D eigenvalue weighted by Crippen LogP contribution is 2.20. The first-order valence-corrected chi connectivity index (χ1v) is 6.66. The summed E-state index contributed by atoms with van der Waals surface area (Å²) < 4.78 is 19.1. The largest absolute Gasteiger partial charge is 0.488 e. The number of rotatable bonds is 4. The maximum Gasteiger partial charge on any atom is 0.256 e. The number of nitrogens with one attached hydrogen (secondary N) is 1. The third kappa shape index (κ3) is 4.02. The molecule has 2 aromatic rings. The summed E-state index contributed by atoms with van der Waals surface area (Å²) in [4.78, 5) is 16.1. The number of benzene rings is 1. The highest BCUT2D eigenvalue weighted by molar-refractivity contribution is 6.03. The molecule has 1 aromatic carbocycles. The summed E-state index contributed by atoms with van der Waals surface area (Å²) in [6, 6.07) is 7.65. The van der Waals surface area contributed by atoms with E-state index in [0.29, 0.717) is 5.82 Å². The average molecular weight is 288 g/mol. The summed E-state index contributed by atoms with van der Waals surface area (Å²) in [5.41, 5.74) is 1.21. The normalized spacial score (nSPS) is 10.5. The fraction of sp³-hybridized carbons (Fsp3) is 0.250. The van der Waals surface area contributed by atoms with Crippen molar-refractivity contribution in [1.82, 2.24) is 4.98 Å². The van der Waals surface area contributed by atoms with Crippen LogP contribution in [-0.4, -0.2) is 17.0 Å². The summed E-state index contributed by atoms with van der Waals surface area (Å²) in [5, 5.41) is 2.62. The van der Waals surface area contributed by atoms with Gasteiger partial charge in [-0.1, -0.05) is 6.07 Å². The smallest absolute Gasteiger partial charge is 0.256 e. The van der Waals surface area contributed by atoms with E-state index >= 15 is 0 Å². The van der Waals surface area contributed by atoms with Crippen molar-refractivity contribution in [2.75, 3.05) is 5.32 Å². The van der Waals surface area contributed by atoms with E-state index < -0.39 is 11.7 Å². The van der Waals surface area contributed by atoms with E-state index in [4.69, 9.17) is 4.74 Å². The maximum absolute atomic E-state index is 13.8. The van der Waals surface area contributed by atoms with E-state index in [2.05, 4.69) is 10.3 Å². The summed E-state index contributed by atoms with van der Waals surface area (Å²) in [6.07, 6.45) is 1.52. The monoisotopic (exact) mass is 288 g/mol. The second kappa shape index (κ2) is 6.35. The van der Waals surface area contributed by atoms with Crippen molar-refractivity contribution in [1.29, 1.82) is 0 Å². The first kappa shape index (κ1) is 15.0. The predicted octanol–water partition coefficient (Wildman–Crippen LogP) is 3.57. The van der Waals surface area contributed by atoms with Crippen LogP contribution in [0.5, 0.6) is 5.75 Å². The van der Waals surface area contributed by atoms with Crippen molar-refractivity contribution in [2.24, 2.45) is 0 Å². The Morgan fingerprint density at radius 3 is 2.62 bits per heavy atom. The summed E-state index contributed by atoms with van der Waals surface area (Å²) in [5.74, 6) is -0.418. The highest BCUT2D eigenvalue weighted by atomic mass is 19.1. The molecule has 110 valence electrons. The molecular formula is C16H17FN2O2. The van der Waals surface area contributed by atoms with E-state index in [1.807, 2.05) is 26.8 Å². The molecule has 1 N–H and O–H groups in total. The van der Waals surface area contributed by atoms with Crippen molar-refractivity contribution in [3.8, 4) is 5.75 Å². The van der Waals surface area contributed by atoms with Gasteiger partial charge in [-0.3, -0.25) is 4.79 Å². The minimum atomic E-state index is -0.562. The average Bonchev–Trinajstić information content (AvgIpc) is 2.43. The van der Waals surface area contributed by atoms with Gasteiger partial charge in [-0.25, -0.2) is 9.37 Å². The molecule has 2 rings (SSSR count). The maximum atomic E-state index is 13.8. The number of aryl methyl sites for hydroxylation is 1. The predicted molar refractivity (Wildman–Crippen MR) is 79.1 cm³/mol. The van der Waals surface area contributed by atoms with Crippen LogP contribution in [0.15, 0.2) is 36.5 Å². The molecule has 0 atom stereocenters. The molecule has 0 aliphatic rings. The Kier molecular flexibility index (Phi) is 4.52. The first-order valence-electron chi connectivity index (χ1n) is 6.66. The van der Waals surface area contributed by atoms with Crippen LogP contribution in [0.25, 0.3) is 0 Å². The number of carbonyl (C=O) groups excluding carboxylic acids is 1. The van der Waals surface area contributed by atoms with Crippen molar-refractivity contribution >= 4 is 11.7 Å². The SMILES string of the molecule is Cc1ccc(NC(=O)c2ccc(OC(C)C)c(F)c2)nc1. The number of anilines is 1. The fourth-order valence-electron chi connectivity index (χ4n) is 1.72. The van der Waals surface area contributed by atoms with Gasteiger partial charge in [0, 0.05) is 11.8 Å². The van der Waals surface area contributed by atoms with Gasteiger partial charge in [0.15, 0.2) is 11.6 Å². The third-order valence-corrected chi connectivity index (χ3v) is 2.71. The van der Waals surface area contributed by atoms with Crippen LogP contribution in [0.4, 0.5) is 10.2 Å². The molecule has 21 heavy (non-hydrogen) atoms. The number of ether oxygens (including phenoxy) is 1. The van der Waals surface area contributed by atoms with Gasteiger partial charge in [0.05, 0.1) is 6.10 Å². The lowest BCUT2D eigenvalue weighted by Crippen LogP contribution is -2.14. The molecule has 0 saturated carbocycles. The van der Waals surface area contributed by atoms with Gasteiger partial charge < -0.3 is 10.1 Å². The van der Waals surface area contributed by atoms with Crippen LogP contribution in [0, 0.1) is 12.7 Å². The zero-order chi connectivity index (χ0) is 15.4. The molecule has 1 aromatic heterocycles. The van der Waals surface area contributed by atoms with Crippen LogP contribution in [-0.2, 0) is 0 Å². The Balaban J connectivity index is 2.12. The molecule has 0 radical (unpaired) electrons. The van der Waals surface area contributed by atoms with Crippen molar-refractivity contribution in [2.45, 2.75) is 26.9 Å². The van der Waals surface area contributed by atoms with Crippen LogP contribution < -0.4 is 10.1 Å². The van der Waals surface area contributed by atoms with Crippen molar-refractivity contribution < 1.29 is 13.9 Å². The number of amides is 1.